The van der Waals surface area contributed by atoms with Crippen molar-refractivity contribution in [3.63, 3.8) is 0 Å². The Hall–Kier alpha value is -3.25. The van der Waals surface area contributed by atoms with Gasteiger partial charge >= 0.3 is 0 Å². The van der Waals surface area contributed by atoms with Crippen LogP contribution < -0.4 is 9.47 Å². The van der Waals surface area contributed by atoms with E-state index < -0.39 is 0 Å². The van der Waals surface area contributed by atoms with Crippen LogP contribution in [-0.4, -0.2) is 24.2 Å². The molecule has 0 aliphatic rings. The molecule has 4 rings (SSSR count). The van der Waals surface area contributed by atoms with Crippen LogP contribution in [0.25, 0.3) is 22.5 Å². The number of halogens is 1. The zero-order valence-corrected chi connectivity index (χ0v) is 16.8. The van der Waals surface area contributed by atoms with E-state index in [2.05, 4.69) is 4.98 Å². The maximum atomic E-state index is 13.6. The van der Waals surface area contributed by atoms with E-state index in [0.717, 1.165) is 38.9 Å². The number of methoxy groups -OCH3 is 2. The molecule has 6 heteroatoms. The van der Waals surface area contributed by atoms with Gasteiger partial charge in [-0.25, -0.2) is 9.37 Å². The largest absolute Gasteiger partial charge is 0.497 e. The van der Waals surface area contributed by atoms with E-state index in [1.807, 2.05) is 54.6 Å². The molecule has 0 fully saturated rings. The summed E-state index contributed by atoms with van der Waals surface area (Å²) in [6.07, 6.45) is 0. The zero-order chi connectivity index (χ0) is 20.2. The Morgan fingerprint density at radius 3 is 2.03 bits per heavy atom. The van der Waals surface area contributed by atoms with E-state index in [1.165, 1.54) is 23.9 Å². The second kappa shape index (κ2) is 8.41. The minimum atomic E-state index is -0.271. The predicted molar refractivity (Wildman–Crippen MR) is 113 cm³/mol. The van der Waals surface area contributed by atoms with Crippen LogP contribution in [0.1, 0.15) is 0 Å². The van der Waals surface area contributed by atoms with Crippen molar-refractivity contribution in [3.05, 3.63) is 78.6 Å². The zero-order valence-electron chi connectivity index (χ0n) is 16.0. The topological polar surface area (TPSA) is 47.1 Å². The Kier molecular flexibility index (Phi) is 5.53. The van der Waals surface area contributed by atoms with Crippen molar-refractivity contribution in [2.45, 2.75) is 10.1 Å². The molecule has 3 aromatic carbocycles. The monoisotopic (exact) mass is 406 g/mol. The van der Waals surface area contributed by atoms with Gasteiger partial charge in [-0.3, -0.25) is 0 Å². The smallest absolute Gasteiger partial charge is 0.171 e. The standard InChI is InChI=1S/C23H19FN2O2S/c1-27-18-10-6-15(7-11-18)21-22(16-8-12-19(28-2)13-9-16)26-23(25-21)29-20-5-3-4-17(24)14-20/h3-14H,1-2H3,(H,25,26). The van der Waals surface area contributed by atoms with Crippen LogP contribution in [0.5, 0.6) is 11.5 Å². The summed E-state index contributed by atoms with van der Waals surface area (Å²) < 4.78 is 24.1. The average Bonchev–Trinajstić information content (AvgIpc) is 3.17. The molecule has 4 nitrogen and oxygen atoms in total. The summed E-state index contributed by atoms with van der Waals surface area (Å²) in [5.41, 5.74) is 3.64. The molecular weight excluding hydrogens is 387 g/mol. The number of aromatic amines is 1. The molecule has 0 atom stereocenters. The van der Waals surface area contributed by atoms with Gasteiger partial charge in [-0.1, -0.05) is 17.8 Å². The van der Waals surface area contributed by atoms with Gasteiger partial charge in [0.25, 0.3) is 0 Å². The highest BCUT2D eigenvalue weighted by molar-refractivity contribution is 7.99. The first-order chi connectivity index (χ1) is 14.2. The van der Waals surface area contributed by atoms with Crippen LogP contribution in [0.2, 0.25) is 0 Å². The Morgan fingerprint density at radius 1 is 0.828 bits per heavy atom. The highest BCUT2D eigenvalue weighted by atomic mass is 32.2. The van der Waals surface area contributed by atoms with E-state index in [9.17, 15) is 4.39 Å². The number of aromatic nitrogens is 2. The number of ether oxygens (including phenoxy) is 2. The summed E-state index contributed by atoms with van der Waals surface area (Å²) >= 11 is 1.39. The Balaban J connectivity index is 1.76. The maximum Gasteiger partial charge on any atom is 0.171 e. The normalized spacial score (nSPS) is 10.7. The fraction of sp³-hybridized carbons (Fsp3) is 0.0870. The average molecular weight is 406 g/mol. The predicted octanol–water partition coefficient (Wildman–Crippen LogP) is 6.05. The lowest BCUT2D eigenvalue weighted by molar-refractivity contribution is 0.414. The third kappa shape index (κ3) is 4.27. The van der Waals surface area contributed by atoms with Crippen LogP contribution in [0.3, 0.4) is 0 Å². The van der Waals surface area contributed by atoms with Crippen molar-refractivity contribution in [1.82, 2.24) is 9.97 Å². The second-order valence-electron chi connectivity index (χ2n) is 6.28. The summed E-state index contributed by atoms with van der Waals surface area (Å²) in [6, 6.07) is 22.0. The molecule has 146 valence electrons. The molecule has 0 unspecified atom stereocenters. The van der Waals surface area contributed by atoms with Crippen LogP contribution in [0.4, 0.5) is 4.39 Å². The molecule has 0 spiro atoms. The Bertz CT molecular complexity index is 1040. The van der Waals surface area contributed by atoms with Crippen molar-refractivity contribution in [1.29, 1.82) is 0 Å². The van der Waals surface area contributed by atoms with E-state index in [-0.39, 0.29) is 5.82 Å². The lowest BCUT2D eigenvalue weighted by atomic mass is 10.0. The van der Waals surface area contributed by atoms with E-state index >= 15 is 0 Å². The molecule has 1 N–H and O–H groups in total. The fourth-order valence-corrected chi connectivity index (χ4v) is 3.80. The Labute approximate surface area is 172 Å². The van der Waals surface area contributed by atoms with Crippen molar-refractivity contribution in [3.8, 4) is 34.0 Å². The summed E-state index contributed by atoms with van der Waals surface area (Å²) in [5, 5.41) is 0.687. The lowest BCUT2D eigenvalue weighted by Crippen LogP contribution is -1.87. The van der Waals surface area contributed by atoms with Gasteiger partial charge in [-0.15, -0.1) is 0 Å². The van der Waals surface area contributed by atoms with Gasteiger partial charge in [0, 0.05) is 16.0 Å². The number of H-pyrrole nitrogens is 1. The molecule has 0 saturated heterocycles. The third-order valence-corrected chi connectivity index (χ3v) is 5.31. The first-order valence-corrected chi connectivity index (χ1v) is 9.80. The highest BCUT2D eigenvalue weighted by Gasteiger charge is 2.15. The van der Waals surface area contributed by atoms with Crippen molar-refractivity contribution in [2.24, 2.45) is 0 Å². The molecule has 1 aromatic heterocycles. The summed E-state index contributed by atoms with van der Waals surface area (Å²) in [4.78, 5) is 8.96. The molecule has 0 aliphatic carbocycles. The van der Waals surface area contributed by atoms with E-state index in [4.69, 9.17) is 14.5 Å². The lowest BCUT2D eigenvalue weighted by Gasteiger charge is -2.06. The molecule has 29 heavy (non-hydrogen) atoms. The van der Waals surface area contributed by atoms with Gasteiger partial charge < -0.3 is 14.5 Å². The number of imidazole rings is 1. The SMILES string of the molecule is COc1ccc(-c2nc(Sc3cccc(F)c3)[nH]c2-c2ccc(OC)cc2)cc1. The minimum Gasteiger partial charge on any atom is -0.497 e. The van der Waals surface area contributed by atoms with Crippen molar-refractivity contribution >= 4 is 11.8 Å². The number of nitrogens with zero attached hydrogens (tertiary/aromatic N) is 1. The summed E-state index contributed by atoms with van der Waals surface area (Å²) in [7, 11) is 3.28. The van der Waals surface area contributed by atoms with Gasteiger partial charge in [0.05, 0.1) is 25.6 Å². The minimum absolute atomic E-state index is 0.271. The summed E-state index contributed by atoms with van der Waals surface area (Å²) in [5.74, 6) is 1.30. The van der Waals surface area contributed by atoms with Gasteiger partial charge in [0.15, 0.2) is 5.16 Å². The third-order valence-electron chi connectivity index (χ3n) is 4.43. The molecule has 4 aromatic rings. The van der Waals surface area contributed by atoms with Gasteiger partial charge in [-0.05, 0) is 66.7 Å². The molecule has 0 bridgehead atoms. The number of nitrogens with one attached hydrogen (secondary N) is 1. The van der Waals surface area contributed by atoms with Gasteiger partial charge in [0.2, 0.25) is 0 Å². The highest BCUT2D eigenvalue weighted by Crippen LogP contribution is 2.36. The molecule has 0 aliphatic heterocycles. The van der Waals surface area contributed by atoms with Gasteiger partial charge in [0.1, 0.15) is 17.3 Å². The number of rotatable bonds is 6. The van der Waals surface area contributed by atoms with Crippen LogP contribution in [-0.2, 0) is 0 Å². The summed E-state index contributed by atoms with van der Waals surface area (Å²) in [6.45, 7) is 0. The van der Waals surface area contributed by atoms with E-state index in [1.54, 1.807) is 20.3 Å². The van der Waals surface area contributed by atoms with Crippen LogP contribution in [0, 0.1) is 5.82 Å². The number of hydrogen-bond donors (Lipinski definition) is 1. The van der Waals surface area contributed by atoms with E-state index in [0.29, 0.717) is 5.16 Å². The molecule has 0 saturated carbocycles. The first kappa shape index (κ1) is 19.1. The number of benzene rings is 3. The Morgan fingerprint density at radius 2 is 1.45 bits per heavy atom. The molecule has 1 heterocycles. The maximum absolute atomic E-state index is 13.6. The molecule has 0 amide bonds. The van der Waals surface area contributed by atoms with Crippen LogP contribution in [0.15, 0.2) is 82.8 Å². The second-order valence-corrected chi connectivity index (χ2v) is 7.34. The van der Waals surface area contributed by atoms with Gasteiger partial charge in [-0.2, -0.15) is 0 Å². The van der Waals surface area contributed by atoms with Crippen LogP contribution >= 0.6 is 11.8 Å². The van der Waals surface area contributed by atoms with Crippen molar-refractivity contribution < 1.29 is 13.9 Å². The fourth-order valence-electron chi connectivity index (χ4n) is 2.97. The molecular formula is C23H19FN2O2S. The molecule has 0 radical (unpaired) electrons. The van der Waals surface area contributed by atoms with Crippen molar-refractivity contribution in [2.75, 3.05) is 14.2 Å². The first-order valence-electron chi connectivity index (χ1n) is 8.98. The number of hydrogen-bond acceptors (Lipinski definition) is 4. The quantitative estimate of drug-likeness (QED) is 0.423.